The minimum atomic E-state index is 0.0156. The Morgan fingerprint density at radius 2 is 1.87 bits per heavy atom. The molecule has 1 aromatic carbocycles. The van der Waals surface area contributed by atoms with E-state index in [-0.39, 0.29) is 23.8 Å². The van der Waals surface area contributed by atoms with Crippen LogP contribution in [0.25, 0.3) is 22.2 Å². The van der Waals surface area contributed by atoms with Crippen LogP contribution in [0.2, 0.25) is 10.0 Å². The molecule has 206 valence electrons. The maximum absolute atomic E-state index is 12.0. The van der Waals surface area contributed by atoms with Gasteiger partial charge in [0.25, 0.3) is 0 Å². The topological polar surface area (TPSA) is 111 Å². The van der Waals surface area contributed by atoms with Crippen LogP contribution in [0, 0.1) is 5.92 Å². The Morgan fingerprint density at radius 3 is 2.49 bits per heavy atom. The molecule has 0 spiro atoms. The summed E-state index contributed by atoms with van der Waals surface area (Å²) in [5.41, 5.74) is 1.63. The highest BCUT2D eigenvalue weighted by Crippen LogP contribution is 2.46. The molecule has 5 rings (SSSR count). The number of anilines is 2. The number of hydrogen-bond acceptors (Lipinski definition) is 10. The molecule has 4 heterocycles. The van der Waals surface area contributed by atoms with Crippen molar-refractivity contribution in [3.8, 4) is 22.8 Å². The number of rotatable bonds is 10. The van der Waals surface area contributed by atoms with Crippen molar-refractivity contribution in [2.45, 2.75) is 18.5 Å². The largest absolute Gasteiger partial charge is 0.495 e. The highest BCUT2D eigenvalue weighted by Gasteiger charge is 2.32. The molecule has 2 aromatic heterocycles. The third-order valence-electron chi connectivity index (χ3n) is 7.00. The fourth-order valence-electron chi connectivity index (χ4n) is 4.93. The summed E-state index contributed by atoms with van der Waals surface area (Å²) in [6, 6.07) is 3.58. The van der Waals surface area contributed by atoms with E-state index in [1.807, 2.05) is 13.1 Å². The summed E-state index contributed by atoms with van der Waals surface area (Å²) in [5.74, 6) is 1.99. The van der Waals surface area contributed by atoms with Crippen molar-refractivity contribution in [3.05, 3.63) is 41.0 Å². The van der Waals surface area contributed by atoms with Crippen LogP contribution in [0.4, 0.5) is 11.8 Å². The molecule has 3 aromatic rings. The highest BCUT2D eigenvalue weighted by molar-refractivity contribution is 6.41. The normalized spacial score (nSPS) is 19.5. The van der Waals surface area contributed by atoms with Crippen LogP contribution in [0.1, 0.15) is 6.42 Å². The summed E-state index contributed by atoms with van der Waals surface area (Å²) >= 11 is 13.4. The number of fused-ring (bicyclic) bond motifs is 1. The monoisotopic (exact) mass is 572 g/mol. The van der Waals surface area contributed by atoms with E-state index in [4.69, 9.17) is 47.4 Å². The number of carbonyl (C=O) groups excluding carboxylic acids is 1. The fraction of sp³-hybridized carbons (Fsp3) is 0.407. The lowest BCUT2D eigenvalue weighted by Crippen LogP contribution is -2.40. The van der Waals surface area contributed by atoms with E-state index in [9.17, 15) is 4.79 Å². The first-order valence-electron chi connectivity index (χ1n) is 12.5. The minimum absolute atomic E-state index is 0.0156. The van der Waals surface area contributed by atoms with Gasteiger partial charge in [-0.15, -0.1) is 0 Å². The zero-order chi connectivity index (χ0) is 27.7. The van der Waals surface area contributed by atoms with Crippen molar-refractivity contribution in [2.24, 2.45) is 5.92 Å². The lowest BCUT2D eigenvalue weighted by molar-refractivity contribution is -0.115. The SMILES string of the molecule is C=CC(=O)C[C@H]1CN(C)C[C@H]1Nc1ncc2cc(-c3c(Cl)c(OC)cc(OC)c3Cl)nc(NC3COC3)c2n1. The molecule has 0 amide bonds. The molecule has 39 heavy (non-hydrogen) atoms. The predicted octanol–water partition coefficient (Wildman–Crippen LogP) is 4.31. The van der Waals surface area contributed by atoms with Gasteiger partial charge in [-0.3, -0.25) is 4.79 Å². The predicted molar refractivity (Wildman–Crippen MR) is 152 cm³/mol. The number of pyridine rings is 1. The lowest BCUT2D eigenvalue weighted by Gasteiger charge is -2.28. The summed E-state index contributed by atoms with van der Waals surface area (Å²) in [7, 11) is 5.09. The molecular weight excluding hydrogens is 543 g/mol. The van der Waals surface area contributed by atoms with Crippen LogP contribution >= 0.6 is 23.2 Å². The van der Waals surface area contributed by atoms with E-state index >= 15 is 0 Å². The second-order valence-corrected chi connectivity index (χ2v) is 10.5. The van der Waals surface area contributed by atoms with Crippen molar-refractivity contribution in [3.63, 3.8) is 0 Å². The molecule has 2 saturated heterocycles. The van der Waals surface area contributed by atoms with Crippen molar-refractivity contribution in [2.75, 3.05) is 58.2 Å². The molecule has 2 aliphatic heterocycles. The third kappa shape index (κ3) is 5.60. The van der Waals surface area contributed by atoms with Crippen LogP contribution < -0.4 is 20.1 Å². The Kier molecular flexibility index (Phi) is 8.08. The Bertz CT molecular complexity index is 1390. The van der Waals surface area contributed by atoms with Gasteiger partial charge in [0, 0.05) is 54.7 Å². The first kappa shape index (κ1) is 27.4. The van der Waals surface area contributed by atoms with E-state index in [0.29, 0.717) is 69.7 Å². The van der Waals surface area contributed by atoms with Crippen LogP contribution in [0.15, 0.2) is 31.0 Å². The molecule has 0 aliphatic carbocycles. The first-order chi connectivity index (χ1) is 18.8. The average Bonchev–Trinajstić information content (AvgIpc) is 3.24. The number of methoxy groups -OCH3 is 2. The van der Waals surface area contributed by atoms with Gasteiger partial charge in [-0.1, -0.05) is 29.8 Å². The summed E-state index contributed by atoms with van der Waals surface area (Å²) in [4.78, 5) is 28.5. The van der Waals surface area contributed by atoms with Gasteiger partial charge in [0.1, 0.15) is 17.0 Å². The molecule has 0 saturated carbocycles. The molecule has 0 bridgehead atoms. The molecular formula is C27H30Cl2N6O4. The standard InChI is InChI=1S/C27H30Cl2N6O4/c1-5-17(36)6-15-10-35(2)11-19(15)33-27-30-9-14-7-18(32-26(25(14)34-27)31-16-12-39-13-16)22-23(28)20(37-3)8-21(38-4)24(22)29/h5,7-9,15-16,19H,1,6,10-13H2,2-4H3,(H,31,32)(H,30,33,34)/t15-,19+/m0/s1. The van der Waals surface area contributed by atoms with Crippen molar-refractivity contribution >= 4 is 51.7 Å². The molecule has 12 heteroatoms. The first-order valence-corrected chi connectivity index (χ1v) is 13.3. The average molecular weight is 573 g/mol. The van der Waals surface area contributed by atoms with E-state index in [2.05, 4.69) is 27.1 Å². The third-order valence-corrected chi connectivity index (χ3v) is 7.75. The molecule has 10 nitrogen and oxygen atoms in total. The van der Waals surface area contributed by atoms with Gasteiger partial charge in [0.2, 0.25) is 5.95 Å². The van der Waals surface area contributed by atoms with Gasteiger partial charge in [0.15, 0.2) is 11.6 Å². The Balaban J connectivity index is 1.55. The van der Waals surface area contributed by atoms with Gasteiger partial charge in [-0.25, -0.2) is 15.0 Å². The van der Waals surface area contributed by atoms with E-state index < -0.39 is 0 Å². The second-order valence-electron chi connectivity index (χ2n) is 9.76. The number of hydrogen-bond donors (Lipinski definition) is 2. The number of nitrogens with zero attached hydrogens (tertiary/aromatic N) is 4. The number of ether oxygens (including phenoxy) is 3. The number of nitrogens with one attached hydrogen (secondary N) is 2. The number of halogens is 2. The van der Waals surface area contributed by atoms with Gasteiger partial charge in [0.05, 0.1) is 49.2 Å². The number of allylic oxidation sites excluding steroid dienone is 1. The fourth-order valence-corrected chi connectivity index (χ4v) is 5.62. The highest BCUT2D eigenvalue weighted by atomic mass is 35.5. The Hall–Kier alpha value is -3.18. The van der Waals surface area contributed by atoms with E-state index in [1.165, 1.54) is 20.3 Å². The number of likely N-dealkylation sites (N-methyl/N-ethyl adjacent to an activating group) is 1. The summed E-state index contributed by atoms with van der Waals surface area (Å²) < 4.78 is 16.3. The van der Waals surface area contributed by atoms with Gasteiger partial charge >= 0.3 is 0 Å². The zero-order valence-electron chi connectivity index (χ0n) is 22.0. The quantitative estimate of drug-likeness (QED) is 0.341. The van der Waals surface area contributed by atoms with Crippen molar-refractivity contribution < 1.29 is 19.0 Å². The molecule has 2 N–H and O–H groups in total. The zero-order valence-corrected chi connectivity index (χ0v) is 23.5. The van der Waals surface area contributed by atoms with Gasteiger partial charge in [-0.05, 0) is 19.2 Å². The summed E-state index contributed by atoms with van der Waals surface area (Å²) in [6.07, 6.45) is 3.54. The molecule has 0 unspecified atom stereocenters. The number of benzene rings is 1. The van der Waals surface area contributed by atoms with Crippen LogP contribution in [-0.4, -0.2) is 85.3 Å². The number of aromatic nitrogens is 3. The maximum Gasteiger partial charge on any atom is 0.223 e. The van der Waals surface area contributed by atoms with Crippen molar-refractivity contribution in [1.82, 2.24) is 19.9 Å². The Morgan fingerprint density at radius 1 is 1.15 bits per heavy atom. The van der Waals surface area contributed by atoms with Crippen LogP contribution in [-0.2, 0) is 9.53 Å². The molecule has 2 fully saturated rings. The molecule has 2 atom stereocenters. The van der Waals surface area contributed by atoms with Gasteiger partial charge in [-0.2, -0.15) is 0 Å². The number of carbonyl (C=O) groups is 1. The van der Waals surface area contributed by atoms with Crippen LogP contribution in [0.5, 0.6) is 11.5 Å². The smallest absolute Gasteiger partial charge is 0.223 e. The summed E-state index contributed by atoms with van der Waals surface area (Å²) in [6.45, 7) is 6.30. The minimum Gasteiger partial charge on any atom is -0.495 e. The molecule has 0 radical (unpaired) electrons. The molecule has 2 aliphatic rings. The van der Waals surface area contributed by atoms with Gasteiger partial charge < -0.3 is 29.7 Å². The number of likely N-dealkylation sites (tertiary alicyclic amines) is 1. The number of ketones is 1. The van der Waals surface area contributed by atoms with Crippen LogP contribution in [0.3, 0.4) is 0 Å². The van der Waals surface area contributed by atoms with Crippen molar-refractivity contribution in [1.29, 1.82) is 0 Å². The van der Waals surface area contributed by atoms with E-state index in [0.717, 1.165) is 18.5 Å². The lowest BCUT2D eigenvalue weighted by atomic mass is 9.97. The van der Waals surface area contributed by atoms with E-state index in [1.54, 1.807) is 12.3 Å². The second kappa shape index (κ2) is 11.5. The maximum atomic E-state index is 12.0. The summed E-state index contributed by atoms with van der Waals surface area (Å²) in [5, 5.41) is 8.25. The Labute approximate surface area is 236 Å².